The summed E-state index contributed by atoms with van der Waals surface area (Å²) in [4.78, 5) is 25.5. The number of ether oxygens (including phenoxy) is 1. The molecule has 0 saturated carbocycles. The number of anilines is 1. The monoisotopic (exact) mass is 567 g/mol. The third kappa shape index (κ3) is 10.5. The highest BCUT2D eigenvalue weighted by Crippen LogP contribution is 2.29. The van der Waals surface area contributed by atoms with Crippen LogP contribution in [0.25, 0.3) is 11.1 Å². The van der Waals surface area contributed by atoms with Crippen LogP contribution < -0.4 is 16.4 Å². The van der Waals surface area contributed by atoms with E-state index < -0.39 is 16.1 Å². The first-order chi connectivity index (χ1) is 18.8. The van der Waals surface area contributed by atoms with Crippen molar-refractivity contribution in [2.24, 2.45) is 11.7 Å². The van der Waals surface area contributed by atoms with Gasteiger partial charge in [-0.3, -0.25) is 10.2 Å². The number of amidine groups is 1. The lowest BCUT2D eigenvalue weighted by Crippen LogP contribution is -2.27. The Morgan fingerprint density at radius 2 is 1.60 bits per heavy atom. The van der Waals surface area contributed by atoms with Crippen molar-refractivity contribution in [3.63, 3.8) is 0 Å². The largest absolute Gasteiger partial charge is 0.748 e. The number of hydrogen-bond donors (Lipinski definition) is 4. The van der Waals surface area contributed by atoms with Crippen LogP contribution in [0.4, 0.5) is 5.69 Å². The molecule has 0 aliphatic heterocycles. The van der Waals surface area contributed by atoms with E-state index in [1.807, 2.05) is 50.2 Å². The Kier molecular flexibility index (Phi) is 11.8. The summed E-state index contributed by atoms with van der Waals surface area (Å²) in [7, 11) is -3.92. The van der Waals surface area contributed by atoms with Gasteiger partial charge in [0.2, 0.25) is 0 Å². The Morgan fingerprint density at radius 3 is 2.17 bits per heavy atom. The second kappa shape index (κ2) is 14.8. The number of rotatable bonds is 10. The van der Waals surface area contributed by atoms with Crippen molar-refractivity contribution in [1.82, 2.24) is 5.32 Å². The van der Waals surface area contributed by atoms with Crippen LogP contribution in [0.3, 0.4) is 0 Å². The molecule has 0 atom stereocenters. The lowest BCUT2D eigenvalue weighted by Gasteiger charge is -2.16. The molecule has 11 heteroatoms. The quantitative estimate of drug-likeness (QED) is 0.123. The van der Waals surface area contributed by atoms with Gasteiger partial charge in [-0.1, -0.05) is 44.2 Å². The number of esters is 1. The zero-order valence-electron chi connectivity index (χ0n) is 23.0. The molecule has 3 aromatic carbocycles. The van der Waals surface area contributed by atoms with Crippen LogP contribution in [0, 0.1) is 11.3 Å². The molecule has 214 valence electrons. The summed E-state index contributed by atoms with van der Waals surface area (Å²) in [5, 5.41) is 13.8. The molecular weight excluding hydrogens is 532 g/mol. The Morgan fingerprint density at radius 1 is 1.00 bits per heavy atom. The maximum Gasteiger partial charge on any atom is 0.338 e. The molecule has 0 saturated heterocycles. The molecule has 3 rings (SSSR count). The minimum atomic E-state index is -3.92. The molecule has 0 bridgehead atoms. The number of benzene rings is 3. The average Bonchev–Trinajstić information content (AvgIpc) is 2.89. The zero-order valence-corrected chi connectivity index (χ0v) is 23.8. The first-order valence-electron chi connectivity index (χ1n) is 12.6. The van der Waals surface area contributed by atoms with Gasteiger partial charge in [0, 0.05) is 36.2 Å². The Labute approximate surface area is 235 Å². The molecule has 1 amide bonds. The van der Waals surface area contributed by atoms with Crippen molar-refractivity contribution < 1.29 is 27.3 Å². The average molecular weight is 568 g/mol. The molecule has 5 N–H and O–H groups in total. The summed E-state index contributed by atoms with van der Waals surface area (Å²) in [5.74, 6) is -0.348. The van der Waals surface area contributed by atoms with E-state index in [0.717, 1.165) is 16.8 Å². The topological polar surface area (TPSA) is 174 Å². The number of nitrogens with two attached hydrogens (primary N) is 1. The van der Waals surface area contributed by atoms with Crippen LogP contribution in [0.5, 0.6) is 0 Å². The maximum atomic E-state index is 12.9. The van der Waals surface area contributed by atoms with Crippen molar-refractivity contribution in [2.75, 3.05) is 24.7 Å². The summed E-state index contributed by atoms with van der Waals surface area (Å²) >= 11 is 0. The molecule has 10 nitrogen and oxygen atoms in total. The third-order valence-electron chi connectivity index (χ3n) is 5.43. The molecule has 0 aliphatic carbocycles. The highest BCUT2D eigenvalue weighted by molar-refractivity contribution is 7.84. The predicted molar refractivity (Wildman–Crippen MR) is 155 cm³/mol. The maximum absolute atomic E-state index is 12.9. The first kappa shape index (κ1) is 32.0. The van der Waals surface area contributed by atoms with E-state index in [-0.39, 0.29) is 18.3 Å². The van der Waals surface area contributed by atoms with Crippen LogP contribution in [0.1, 0.15) is 52.6 Å². The van der Waals surface area contributed by atoms with Gasteiger partial charge in [-0.15, -0.1) is 0 Å². The van der Waals surface area contributed by atoms with Crippen LogP contribution in [0.15, 0.2) is 66.7 Å². The van der Waals surface area contributed by atoms with E-state index in [0.29, 0.717) is 47.5 Å². The van der Waals surface area contributed by atoms with Crippen LogP contribution in [0.2, 0.25) is 0 Å². The highest BCUT2D eigenvalue weighted by Gasteiger charge is 2.19. The lowest BCUT2D eigenvalue weighted by molar-refractivity contribution is 0.0527. The summed E-state index contributed by atoms with van der Waals surface area (Å²) in [6.45, 7) is 7.10. The Balaban J connectivity index is 0.00000103. The summed E-state index contributed by atoms with van der Waals surface area (Å²) < 4.78 is 32.5. The van der Waals surface area contributed by atoms with Gasteiger partial charge in [-0.05, 0) is 65.9 Å². The lowest BCUT2D eigenvalue weighted by atomic mass is 9.93. The Bertz CT molecular complexity index is 1430. The molecule has 0 radical (unpaired) electrons. The summed E-state index contributed by atoms with van der Waals surface area (Å²) in [6, 6.07) is 20.3. The fourth-order valence-electron chi connectivity index (χ4n) is 3.60. The smallest absolute Gasteiger partial charge is 0.338 e. The molecule has 0 spiro atoms. The molecule has 3 aromatic rings. The standard InChI is InChI=1S/C28H32N4O3.CH4O3S/c1-4-35-28(34)25-15-20(27(33)32-16-18(2)3)11-14-24(25)23-8-6-5-7-21(23)17-31-22-12-9-19(10-13-22)26(29)30;1-5(2,3)4/h5-15,18,31H,4,16-17H2,1-3H3,(H3,29,30)(H,32,33);1H3,(H,2,3,4)/p-1. The highest BCUT2D eigenvalue weighted by atomic mass is 32.2. The molecule has 40 heavy (non-hydrogen) atoms. The van der Waals surface area contributed by atoms with E-state index in [1.54, 1.807) is 37.3 Å². The fraction of sp³-hybridized carbons (Fsp3) is 0.276. The first-order valence-corrected chi connectivity index (χ1v) is 14.4. The molecule has 0 unspecified atom stereocenters. The SMILES string of the molecule is CCOC(=O)c1cc(C(=O)NCC(C)C)ccc1-c1ccccc1CNc1ccc(C(=N)N)cc1.CS(=O)(=O)[O-]. The minimum Gasteiger partial charge on any atom is -0.748 e. The van der Waals surface area contributed by atoms with Gasteiger partial charge in [0.15, 0.2) is 0 Å². The van der Waals surface area contributed by atoms with E-state index in [9.17, 15) is 9.59 Å². The van der Waals surface area contributed by atoms with Crippen molar-refractivity contribution in [1.29, 1.82) is 5.41 Å². The normalized spacial score (nSPS) is 10.8. The van der Waals surface area contributed by atoms with Gasteiger partial charge in [-0.25, -0.2) is 13.2 Å². The number of hydrogen-bond acceptors (Lipinski definition) is 8. The number of carbonyl (C=O) groups is 2. The van der Waals surface area contributed by atoms with Crippen molar-refractivity contribution in [3.8, 4) is 11.1 Å². The molecule has 0 fully saturated rings. The Hall–Kier alpha value is -4.22. The van der Waals surface area contributed by atoms with Crippen LogP contribution in [-0.2, 0) is 21.4 Å². The number of amides is 1. The second-order valence-electron chi connectivity index (χ2n) is 9.29. The zero-order chi connectivity index (χ0) is 29.9. The fourth-order valence-corrected chi connectivity index (χ4v) is 3.60. The number of carbonyl (C=O) groups excluding carboxylic acids is 2. The van der Waals surface area contributed by atoms with Crippen molar-refractivity contribution >= 4 is 33.5 Å². The number of nitrogens with one attached hydrogen (secondary N) is 3. The molecule has 0 aromatic heterocycles. The number of nitrogen functional groups attached to an aromatic ring is 1. The van der Waals surface area contributed by atoms with Gasteiger partial charge >= 0.3 is 5.97 Å². The van der Waals surface area contributed by atoms with Gasteiger partial charge in [0.25, 0.3) is 5.91 Å². The molecular formula is C29H35N4O6S-. The van der Waals surface area contributed by atoms with Crippen LogP contribution >= 0.6 is 0 Å². The van der Waals surface area contributed by atoms with E-state index in [4.69, 9.17) is 28.9 Å². The van der Waals surface area contributed by atoms with Crippen LogP contribution in [-0.4, -0.2) is 50.1 Å². The van der Waals surface area contributed by atoms with E-state index in [1.165, 1.54) is 0 Å². The van der Waals surface area contributed by atoms with Gasteiger partial charge in [-0.2, -0.15) is 0 Å². The van der Waals surface area contributed by atoms with Crippen molar-refractivity contribution in [2.45, 2.75) is 27.3 Å². The van der Waals surface area contributed by atoms with Gasteiger partial charge in [0.05, 0.1) is 22.3 Å². The predicted octanol–water partition coefficient (Wildman–Crippen LogP) is 3.97. The minimum absolute atomic E-state index is 0.0229. The van der Waals surface area contributed by atoms with E-state index >= 15 is 0 Å². The van der Waals surface area contributed by atoms with Crippen molar-refractivity contribution in [3.05, 3.63) is 89.0 Å². The summed E-state index contributed by atoms with van der Waals surface area (Å²) in [6.07, 6.45) is 0.604. The third-order valence-corrected chi connectivity index (χ3v) is 5.43. The molecule has 0 heterocycles. The summed E-state index contributed by atoms with van der Waals surface area (Å²) in [5.41, 5.74) is 10.4. The van der Waals surface area contributed by atoms with E-state index in [2.05, 4.69) is 10.6 Å². The van der Waals surface area contributed by atoms with Gasteiger partial charge in [0.1, 0.15) is 5.84 Å². The molecule has 0 aliphatic rings. The van der Waals surface area contributed by atoms with Gasteiger partial charge < -0.3 is 25.7 Å². The second-order valence-corrected chi connectivity index (χ2v) is 10.7.